The Morgan fingerprint density at radius 1 is 0.917 bits per heavy atom. The second kappa shape index (κ2) is 10.6. The lowest BCUT2D eigenvalue weighted by atomic mass is 10.1. The van der Waals surface area contributed by atoms with Gasteiger partial charge >= 0.3 is 5.97 Å². The molecule has 4 rings (SSSR count). The summed E-state index contributed by atoms with van der Waals surface area (Å²) >= 11 is 0. The zero-order chi connectivity index (χ0) is 25.8. The maximum atomic E-state index is 13.5. The van der Waals surface area contributed by atoms with Crippen LogP contribution in [0.25, 0.3) is 11.8 Å². The third-order valence-electron chi connectivity index (χ3n) is 6.26. The summed E-state index contributed by atoms with van der Waals surface area (Å²) in [7, 11) is 0. The zero-order valence-corrected chi connectivity index (χ0v) is 21.2. The molecule has 0 unspecified atom stereocenters. The molecule has 2 amide bonds. The Morgan fingerprint density at radius 2 is 1.61 bits per heavy atom. The van der Waals surface area contributed by atoms with Crippen LogP contribution in [0.2, 0.25) is 0 Å². The van der Waals surface area contributed by atoms with Crippen molar-refractivity contribution >= 4 is 29.5 Å². The summed E-state index contributed by atoms with van der Waals surface area (Å²) in [6, 6.07) is 18.4. The number of nitrogens with zero attached hydrogens (tertiary/aromatic N) is 3. The van der Waals surface area contributed by atoms with Gasteiger partial charge in [0.25, 0.3) is 11.8 Å². The number of ether oxygens (including phenoxy) is 1. The zero-order valence-electron chi connectivity index (χ0n) is 21.2. The highest BCUT2D eigenvalue weighted by Crippen LogP contribution is 2.30. The molecule has 1 aliphatic rings. The number of aromatic nitrogens is 1. The lowest BCUT2D eigenvalue weighted by Crippen LogP contribution is -2.41. The molecule has 2 heterocycles. The van der Waals surface area contributed by atoms with Crippen molar-refractivity contribution in [1.82, 2.24) is 9.58 Å². The number of rotatable bonds is 8. The Hall–Kier alpha value is -4.13. The number of anilines is 1. The van der Waals surface area contributed by atoms with Crippen molar-refractivity contribution in [1.29, 1.82) is 0 Å². The van der Waals surface area contributed by atoms with E-state index in [2.05, 4.69) is 6.92 Å². The molecule has 7 heteroatoms. The molecule has 36 heavy (non-hydrogen) atoms. The van der Waals surface area contributed by atoms with Crippen molar-refractivity contribution in [3.63, 3.8) is 0 Å². The highest BCUT2D eigenvalue weighted by molar-refractivity contribution is 6.31. The fourth-order valence-electron chi connectivity index (χ4n) is 4.45. The standard InChI is InChI=1S/C29H31N3O4/c1-5-7-17-30-27(33)26(28(34)32(30)25-11-9-8-10-12-25)19-23-18-20(3)31(21(23)4)24-15-13-22(14-16-24)29(35)36-6-2/h8-16,18-19H,5-7,17H2,1-4H3. The molecule has 2 aromatic carbocycles. The van der Waals surface area contributed by atoms with E-state index in [4.69, 9.17) is 4.74 Å². The van der Waals surface area contributed by atoms with Crippen LogP contribution in [0.15, 0.2) is 66.2 Å². The summed E-state index contributed by atoms with van der Waals surface area (Å²) in [6.45, 7) is 8.54. The first-order valence-corrected chi connectivity index (χ1v) is 12.3. The van der Waals surface area contributed by atoms with Crippen molar-refractivity contribution in [3.05, 3.63) is 88.8 Å². The normalized spacial score (nSPS) is 14.7. The summed E-state index contributed by atoms with van der Waals surface area (Å²) in [5, 5.41) is 3.03. The molecule has 0 saturated carbocycles. The van der Waals surface area contributed by atoms with Gasteiger partial charge in [0.2, 0.25) is 0 Å². The second-order valence-electron chi connectivity index (χ2n) is 8.72. The van der Waals surface area contributed by atoms with Gasteiger partial charge in [0, 0.05) is 23.6 Å². The summed E-state index contributed by atoms with van der Waals surface area (Å²) in [4.78, 5) is 38.8. The monoisotopic (exact) mass is 485 g/mol. The first-order chi connectivity index (χ1) is 17.4. The van der Waals surface area contributed by atoms with Gasteiger partial charge < -0.3 is 9.30 Å². The molecule has 0 spiro atoms. The van der Waals surface area contributed by atoms with Gasteiger partial charge in [-0.15, -0.1) is 0 Å². The van der Waals surface area contributed by atoms with Crippen LogP contribution in [0.4, 0.5) is 5.69 Å². The first kappa shape index (κ1) is 25.0. The smallest absolute Gasteiger partial charge is 0.338 e. The fourth-order valence-corrected chi connectivity index (χ4v) is 4.45. The van der Waals surface area contributed by atoms with Crippen molar-refractivity contribution in [2.24, 2.45) is 0 Å². The number of hydrogen-bond acceptors (Lipinski definition) is 4. The molecular formula is C29H31N3O4. The summed E-state index contributed by atoms with van der Waals surface area (Å²) < 4.78 is 7.10. The molecule has 0 atom stereocenters. The Bertz CT molecular complexity index is 1310. The van der Waals surface area contributed by atoms with E-state index in [9.17, 15) is 14.4 Å². The number of hydrazine groups is 1. The van der Waals surface area contributed by atoms with Gasteiger partial charge in [0.05, 0.1) is 17.9 Å². The van der Waals surface area contributed by atoms with Crippen LogP contribution >= 0.6 is 0 Å². The lowest BCUT2D eigenvalue weighted by Gasteiger charge is -2.27. The van der Waals surface area contributed by atoms with Crippen LogP contribution in [-0.2, 0) is 14.3 Å². The number of aryl methyl sites for hydroxylation is 1. The molecule has 0 bridgehead atoms. The van der Waals surface area contributed by atoms with Crippen molar-refractivity contribution < 1.29 is 19.1 Å². The minimum absolute atomic E-state index is 0.146. The number of para-hydroxylation sites is 1. The maximum absolute atomic E-state index is 13.5. The molecule has 0 radical (unpaired) electrons. The van der Waals surface area contributed by atoms with E-state index >= 15 is 0 Å². The van der Waals surface area contributed by atoms with Crippen molar-refractivity contribution in [2.45, 2.75) is 40.5 Å². The minimum Gasteiger partial charge on any atom is -0.462 e. The van der Waals surface area contributed by atoms with Gasteiger partial charge in [-0.2, -0.15) is 0 Å². The molecule has 0 N–H and O–H groups in total. The van der Waals surface area contributed by atoms with Crippen LogP contribution in [0.1, 0.15) is 54.0 Å². The quantitative estimate of drug-likeness (QED) is 0.248. The summed E-state index contributed by atoms with van der Waals surface area (Å²) in [5.74, 6) is -0.976. The van der Waals surface area contributed by atoms with E-state index in [1.165, 1.54) is 5.01 Å². The molecule has 1 aromatic heterocycles. The molecule has 0 aliphatic carbocycles. The Kier molecular flexibility index (Phi) is 7.38. The van der Waals surface area contributed by atoms with Crippen molar-refractivity contribution in [3.8, 4) is 5.69 Å². The third kappa shape index (κ3) is 4.69. The average Bonchev–Trinajstić information content (AvgIpc) is 3.29. The van der Waals surface area contributed by atoms with E-state index in [1.54, 1.807) is 30.1 Å². The van der Waals surface area contributed by atoms with E-state index < -0.39 is 0 Å². The topological polar surface area (TPSA) is 71.9 Å². The number of unbranched alkanes of at least 4 members (excludes halogenated alkanes) is 1. The summed E-state index contributed by atoms with van der Waals surface area (Å²) in [6.07, 6.45) is 3.40. The van der Waals surface area contributed by atoms with E-state index in [0.29, 0.717) is 24.4 Å². The second-order valence-corrected chi connectivity index (χ2v) is 8.72. The molecule has 1 saturated heterocycles. The van der Waals surface area contributed by atoms with Gasteiger partial charge in [-0.05, 0) is 81.3 Å². The minimum atomic E-state index is -0.357. The highest BCUT2D eigenvalue weighted by Gasteiger charge is 2.41. The molecule has 3 aromatic rings. The number of esters is 1. The predicted molar refractivity (Wildman–Crippen MR) is 140 cm³/mol. The number of carbonyl (C=O) groups excluding carboxylic acids is 3. The van der Waals surface area contributed by atoms with Crippen LogP contribution in [-0.4, -0.2) is 40.5 Å². The SMILES string of the molecule is CCCCN1C(=O)C(=Cc2cc(C)n(-c3ccc(C(=O)OCC)cc3)c2C)C(=O)N1c1ccccc1. The number of hydrogen-bond donors (Lipinski definition) is 0. The average molecular weight is 486 g/mol. The Labute approximate surface area is 211 Å². The molecule has 186 valence electrons. The first-order valence-electron chi connectivity index (χ1n) is 12.3. The van der Waals surface area contributed by atoms with Crippen LogP contribution in [0.5, 0.6) is 0 Å². The molecule has 1 fully saturated rings. The van der Waals surface area contributed by atoms with Gasteiger partial charge in [0.15, 0.2) is 0 Å². The largest absolute Gasteiger partial charge is 0.462 e. The third-order valence-corrected chi connectivity index (χ3v) is 6.26. The van der Waals surface area contributed by atoms with Gasteiger partial charge in [-0.1, -0.05) is 31.5 Å². The highest BCUT2D eigenvalue weighted by atomic mass is 16.5. The number of benzene rings is 2. The molecular weight excluding hydrogens is 454 g/mol. The maximum Gasteiger partial charge on any atom is 0.338 e. The molecule has 1 aliphatic heterocycles. The Balaban J connectivity index is 1.69. The Morgan fingerprint density at radius 3 is 2.25 bits per heavy atom. The van der Waals surface area contributed by atoms with E-state index in [0.717, 1.165) is 35.5 Å². The lowest BCUT2D eigenvalue weighted by molar-refractivity contribution is -0.125. The van der Waals surface area contributed by atoms with Crippen LogP contribution < -0.4 is 5.01 Å². The number of carbonyl (C=O) groups is 3. The van der Waals surface area contributed by atoms with Crippen LogP contribution in [0.3, 0.4) is 0 Å². The molecule has 7 nitrogen and oxygen atoms in total. The van der Waals surface area contributed by atoms with Gasteiger partial charge in [-0.25, -0.2) is 14.8 Å². The number of amides is 2. The van der Waals surface area contributed by atoms with Gasteiger partial charge in [0.1, 0.15) is 5.57 Å². The van der Waals surface area contributed by atoms with Crippen LogP contribution in [0, 0.1) is 13.8 Å². The van der Waals surface area contributed by atoms with Crippen molar-refractivity contribution in [2.75, 3.05) is 18.2 Å². The van der Waals surface area contributed by atoms with Gasteiger partial charge in [-0.3, -0.25) is 9.59 Å². The van der Waals surface area contributed by atoms with E-state index in [-0.39, 0.29) is 23.4 Å². The summed E-state index contributed by atoms with van der Waals surface area (Å²) in [5.41, 5.74) is 4.81. The fraction of sp³-hybridized carbons (Fsp3) is 0.276. The van der Waals surface area contributed by atoms with E-state index in [1.807, 2.05) is 66.9 Å². The predicted octanol–water partition coefficient (Wildman–Crippen LogP) is 5.24.